The number of hydrogen-bond donors (Lipinski definition) is 11. The highest BCUT2D eigenvalue weighted by Crippen LogP contribution is 2.37. The van der Waals surface area contributed by atoms with Crippen LogP contribution < -0.4 is 0 Å². The number of rotatable bonds is 10. The van der Waals surface area contributed by atoms with Crippen LogP contribution in [0.15, 0.2) is 0 Å². The third kappa shape index (κ3) is 4.59. The third-order valence-corrected chi connectivity index (χ3v) is 6.40. The quantitative estimate of drug-likeness (QED) is 0.132. The van der Waals surface area contributed by atoms with Crippen LogP contribution in [-0.2, 0) is 23.7 Å². The molecule has 16 nitrogen and oxygen atoms in total. The minimum absolute atomic E-state index is 0.631. The molecule has 0 unspecified atom stereocenters. The van der Waals surface area contributed by atoms with E-state index in [-0.39, 0.29) is 0 Å². The molecule has 200 valence electrons. The Morgan fingerprint density at radius 1 is 0.676 bits per heavy atom. The molecule has 0 aromatic heterocycles. The first-order chi connectivity index (χ1) is 15.9. The fraction of sp³-hybridized carbons (Fsp3) is 1.00. The van der Waals surface area contributed by atoms with Crippen LogP contribution in [0.4, 0.5) is 0 Å². The van der Waals surface area contributed by atoms with Gasteiger partial charge < -0.3 is 79.9 Å². The van der Waals surface area contributed by atoms with Crippen LogP contribution in [0.25, 0.3) is 0 Å². The molecule has 3 aliphatic rings. The van der Waals surface area contributed by atoms with E-state index in [0.717, 1.165) is 0 Å². The second-order valence-electron chi connectivity index (χ2n) is 8.61. The van der Waals surface area contributed by atoms with Gasteiger partial charge in [-0.15, -0.1) is 0 Å². The van der Waals surface area contributed by atoms with E-state index in [1.165, 1.54) is 0 Å². The van der Waals surface area contributed by atoms with Gasteiger partial charge in [-0.1, -0.05) is 0 Å². The Labute approximate surface area is 192 Å². The van der Waals surface area contributed by atoms with Crippen LogP contribution in [0, 0.1) is 0 Å². The molecule has 0 bridgehead atoms. The molecule has 3 saturated heterocycles. The number of ether oxygens (including phenoxy) is 5. The van der Waals surface area contributed by atoms with Crippen molar-refractivity contribution in [2.75, 3.05) is 39.6 Å². The molecule has 3 heterocycles. The van der Waals surface area contributed by atoms with Gasteiger partial charge in [-0.25, -0.2) is 0 Å². The summed E-state index contributed by atoms with van der Waals surface area (Å²) in [6.45, 7) is -5.00. The maximum absolute atomic E-state index is 10.5. The normalized spacial score (nSPS) is 51.4. The zero-order valence-corrected chi connectivity index (χ0v) is 17.9. The SMILES string of the molecule is OC[C@H]1O[C@@](CO)(OC[C@H]2O[C@@](CO)(CO[C@H]3O[C@](O)(CO)[C@@H](O)[C@@H]3O)[C@@H](O)[C@@H]2O)[C@@H](O)[C@@H]1O. The lowest BCUT2D eigenvalue weighted by atomic mass is 9.96. The molecular weight excluding hydrogens is 472 g/mol. The largest absolute Gasteiger partial charge is 0.394 e. The summed E-state index contributed by atoms with van der Waals surface area (Å²) in [5.74, 6) is -4.69. The summed E-state index contributed by atoms with van der Waals surface area (Å²) in [6.07, 6.45) is -14.9. The standard InChI is InChI=1S/C18H32O16/c19-1-7-9(23)14(28)18(5-22,33-7)31-2-8-10(24)12(26)16(3-20,32-8)6-30-15-11(25)13(27)17(29,4-21)34-15/h7-15,19-29H,1-6H2/t7-,8-,9-,10-,11+,12+,13+,14+,15+,16+,17-,18-/m1/s1. The highest BCUT2D eigenvalue weighted by atomic mass is 16.8. The predicted molar refractivity (Wildman–Crippen MR) is 101 cm³/mol. The zero-order chi connectivity index (χ0) is 25.5. The molecule has 0 saturated carbocycles. The lowest BCUT2D eigenvalue weighted by Gasteiger charge is -2.32. The first-order valence-corrected chi connectivity index (χ1v) is 10.5. The van der Waals surface area contributed by atoms with Crippen molar-refractivity contribution in [1.29, 1.82) is 0 Å². The summed E-state index contributed by atoms with van der Waals surface area (Å²) >= 11 is 0. The Kier molecular flexibility index (Phi) is 8.53. The van der Waals surface area contributed by atoms with Gasteiger partial charge in [0.2, 0.25) is 11.6 Å². The van der Waals surface area contributed by atoms with E-state index in [9.17, 15) is 51.1 Å². The summed E-state index contributed by atoms with van der Waals surface area (Å²) in [7, 11) is 0. The zero-order valence-electron chi connectivity index (χ0n) is 17.9. The van der Waals surface area contributed by atoms with Gasteiger partial charge in [-0.3, -0.25) is 0 Å². The fourth-order valence-corrected chi connectivity index (χ4v) is 4.15. The molecule has 0 amide bonds. The van der Waals surface area contributed by atoms with Gasteiger partial charge in [0.1, 0.15) is 61.0 Å². The van der Waals surface area contributed by atoms with Gasteiger partial charge in [-0.05, 0) is 0 Å². The summed E-state index contributed by atoms with van der Waals surface area (Å²) in [4.78, 5) is 0. The first-order valence-electron chi connectivity index (χ1n) is 10.5. The minimum atomic E-state index is -2.51. The molecule has 34 heavy (non-hydrogen) atoms. The van der Waals surface area contributed by atoms with Crippen molar-refractivity contribution in [1.82, 2.24) is 0 Å². The van der Waals surface area contributed by atoms with E-state index in [1.54, 1.807) is 0 Å². The second kappa shape index (κ2) is 10.4. The van der Waals surface area contributed by atoms with E-state index < -0.39 is 112 Å². The molecule has 16 heteroatoms. The van der Waals surface area contributed by atoms with Crippen LogP contribution in [0.1, 0.15) is 0 Å². The van der Waals surface area contributed by atoms with Crippen molar-refractivity contribution in [2.24, 2.45) is 0 Å². The van der Waals surface area contributed by atoms with Crippen molar-refractivity contribution in [2.45, 2.75) is 72.3 Å². The number of hydrogen-bond acceptors (Lipinski definition) is 16. The number of aliphatic hydroxyl groups excluding tert-OH is 10. The summed E-state index contributed by atoms with van der Waals surface area (Å²) in [6, 6.07) is 0. The van der Waals surface area contributed by atoms with Crippen LogP contribution in [0.3, 0.4) is 0 Å². The Morgan fingerprint density at radius 2 is 1.32 bits per heavy atom. The van der Waals surface area contributed by atoms with Crippen LogP contribution in [0.2, 0.25) is 0 Å². The van der Waals surface area contributed by atoms with Gasteiger partial charge in [-0.2, -0.15) is 0 Å². The Balaban J connectivity index is 1.65. The molecule has 0 aromatic carbocycles. The summed E-state index contributed by atoms with van der Waals surface area (Å²) in [5.41, 5.74) is -2.00. The monoisotopic (exact) mass is 504 g/mol. The first kappa shape index (κ1) is 27.9. The van der Waals surface area contributed by atoms with E-state index in [4.69, 9.17) is 28.8 Å². The van der Waals surface area contributed by atoms with E-state index in [2.05, 4.69) is 0 Å². The molecule has 3 fully saturated rings. The van der Waals surface area contributed by atoms with Crippen LogP contribution in [0.5, 0.6) is 0 Å². The Hall–Kier alpha value is -0.640. The Bertz CT molecular complexity index is 684. The van der Waals surface area contributed by atoms with E-state index >= 15 is 0 Å². The predicted octanol–water partition coefficient (Wildman–Crippen LogP) is -7.57. The molecule has 3 rings (SSSR count). The van der Waals surface area contributed by atoms with Gasteiger partial charge in [0.25, 0.3) is 0 Å². The van der Waals surface area contributed by atoms with Crippen molar-refractivity contribution in [3.63, 3.8) is 0 Å². The molecule has 0 aromatic rings. The minimum Gasteiger partial charge on any atom is -0.394 e. The van der Waals surface area contributed by atoms with Gasteiger partial charge >= 0.3 is 0 Å². The lowest BCUT2D eigenvalue weighted by Crippen LogP contribution is -2.51. The van der Waals surface area contributed by atoms with Gasteiger partial charge in [0.05, 0.1) is 33.0 Å². The van der Waals surface area contributed by atoms with Gasteiger partial charge in [0, 0.05) is 0 Å². The molecule has 0 spiro atoms. The van der Waals surface area contributed by atoms with Crippen molar-refractivity contribution >= 4 is 0 Å². The highest BCUT2D eigenvalue weighted by Gasteiger charge is 2.59. The topological polar surface area (TPSA) is 269 Å². The maximum Gasteiger partial charge on any atom is 0.221 e. The molecule has 12 atom stereocenters. The van der Waals surface area contributed by atoms with Crippen molar-refractivity contribution < 1.29 is 79.9 Å². The average Bonchev–Trinajstić information content (AvgIpc) is 3.33. The van der Waals surface area contributed by atoms with Gasteiger partial charge in [0.15, 0.2) is 6.29 Å². The Morgan fingerprint density at radius 3 is 1.82 bits per heavy atom. The highest BCUT2D eigenvalue weighted by molar-refractivity contribution is 5.04. The molecule has 0 radical (unpaired) electrons. The van der Waals surface area contributed by atoms with Crippen molar-refractivity contribution in [3.8, 4) is 0 Å². The van der Waals surface area contributed by atoms with Crippen molar-refractivity contribution in [3.05, 3.63) is 0 Å². The third-order valence-electron chi connectivity index (χ3n) is 6.40. The summed E-state index contributed by atoms with van der Waals surface area (Å²) < 4.78 is 26.3. The summed E-state index contributed by atoms with van der Waals surface area (Å²) in [5, 5.41) is 109. The van der Waals surface area contributed by atoms with Crippen LogP contribution in [-0.4, -0.2) is 168 Å². The van der Waals surface area contributed by atoms with Crippen LogP contribution >= 0.6 is 0 Å². The second-order valence-corrected chi connectivity index (χ2v) is 8.61. The smallest absolute Gasteiger partial charge is 0.221 e. The fourth-order valence-electron chi connectivity index (χ4n) is 4.15. The molecule has 11 N–H and O–H groups in total. The molecule has 3 aliphatic heterocycles. The maximum atomic E-state index is 10.5. The number of aliphatic hydroxyl groups is 11. The van der Waals surface area contributed by atoms with E-state index in [1.807, 2.05) is 0 Å². The molecule has 0 aliphatic carbocycles. The lowest BCUT2D eigenvalue weighted by molar-refractivity contribution is -0.297. The van der Waals surface area contributed by atoms with E-state index in [0.29, 0.717) is 0 Å². The molecular formula is C18H32O16. The average molecular weight is 504 g/mol.